The van der Waals surface area contributed by atoms with E-state index in [0.29, 0.717) is 17.0 Å². The predicted octanol–water partition coefficient (Wildman–Crippen LogP) is 0.608. The lowest BCUT2D eigenvalue weighted by Crippen LogP contribution is -1.99. The number of aryl methyl sites for hydroxylation is 1. The zero-order valence-electron chi connectivity index (χ0n) is 6.18. The zero-order valence-corrected chi connectivity index (χ0v) is 6.94. The number of imidazole rings is 1. The number of nitrogens with zero attached hydrogens (tertiary/aromatic N) is 2. The van der Waals surface area contributed by atoms with Crippen LogP contribution in [-0.2, 0) is 0 Å². The molecule has 2 N–H and O–H groups in total. The minimum atomic E-state index is -0.327. The van der Waals surface area contributed by atoms with Crippen molar-refractivity contribution in [1.82, 2.24) is 19.9 Å². The first kappa shape index (κ1) is 7.30. The third-order valence-corrected chi connectivity index (χ3v) is 1.72. The van der Waals surface area contributed by atoms with Gasteiger partial charge in [-0.1, -0.05) is 11.6 Å². The maximum absolute atomic E-state index is 10.8. The summed E-state index contributed by atoms with van der Waals surface area (Å²) in [6.45, 7) is 1.70. The molecule has 0 aliphatic heterocycles. The van der Waals surface area contributed by atoms with Crippen LogP contribution in [0.5, 0.6) is 0 Å². The van der Waals surface area contributed by atoms with Gasteiger partial charge in [0.15, 0.2) is 10.8 Å². The lowest BCUT2D eigenvalue weighted by molar-refractivity contribution is 1.08. The second-order valence-corrected chi connectivity index (χ2v) is 2.72. The molecule has 0 aliphatic carbocycles. The van der Waals surface area contributed by atoms with Gasteiger partial charge < -0.3 is 4.98 Å². The molecule has 62 valence electrons. The number of fused-ring (bicyclic) bond motifs is 1. The molecule has 0 fully saturated rings. The fraction of sp³-hybridized carbons (Fsp3) is 0.167. The third-order valence-electron chi connectivity index (χ3n) is 1.45. The SMILES string of the molecule is Cc1nc(Cl)c2[nH]c(=O)[nH]c2n1. The third kappa shape index (κ3) is 0.984. The molecule has 0 radical (unpaired) electrons. The van der Waals surface area contributed by atoms with Crippen LogP contribution in [0.1, 0.15) is 5.82 Å². The van der Waals surface area contributed by atoms with Gasteiger partial charge in [-0.3, -0.25) is 4.98 Å². The lowest BCUT2D eigenvalue weighted by atomic mass is 10.5. The van der Waals surface area contributed by atoms with E-state index in [1.807, 2.05) is 0 Å². The van der Waals surface area contributed by atoms with Gasteiger partial charge in [0, 0.05) is 0 Å². The van der Waals surface area contributed by atoms with Gasteiger partial charge in [0.05, 0.1) is 0 Å². The average Bonchev–Trinajstić information content (AvgIpc) is 2.29. The van der Waals surface area contributed by atoms with Gasteiger partial charge in [-0.15, -0.1) is 0 Å². The maximum Gasteiger partial charge on any atom is 0.325 e. The molecule has 2 aromatic heterocycles. The van der Waals surface area contributed by atoms with Crippen LogP contribution in [0.4, 0.5) is 0 Å². The fourth-order valence-electron chi connectivity index (χ4n) is 0.992. The smallest absolute Gasteiger partial charge is 0.302 e. The van der Waals surface area contributed by atoms with Crippen LogP contribution in [0.25, 0.3) is 11.2 Å². The summed E-state index contributed by atoms with van der Waals surface area (Å²) in [7, 11) is 0. The Morgan fingerprint density at radius 1 is 1.33 bits per heavy atom. The van der Waals surface area contributed by atoms with Crippen LogP contribution in [0.2, 0.25) is 5.15 Å². The number of rotatable bonds is 0. The van der Waals surface area contributed by atoms with Gasteiger partial charge in [-0.25, -0.2) is 14.8 Å². The van der Waals surface area contributed by atoms with E-state index in [9.17, 15) is 4.79 Å². The summed E-state index contributed by atoms with van der Waals surface area (Å²) in [5, 5.41) is 0.260. The summed E-state index contributed by atoms with van der Waals surface area (Å²) in [5.41, 5.74) is 0.566. The summed E-state index contributed by atoms with van der Waals surface area (Å²) in [4.78, 5) is 23.6. The molecule has 0 amide bonds. The normalized spacial score (nSPS) is 10.8. The van der Waals surface area contributed by atoms with Gasteiger partial charge >= 0.3 is 5.69 Å². The molecule has 2 rings (SSSR count). The largest absolute Gasteiger partial charge is 0.325 e. The molecule has 0 aromatic carbocycles. The number of nitrogens with one attached hydrogen (secondary N) is 2. The zero-order chi connectivity index (χ0) is 8.72. The van der Waals surface area contributed by atoms with Crippen molar-refractivity contribution in [3.63, 3.8) is 0 Å². The Kier molecular flexibility index (Phi) is 1.41. The summed E-state index contributed by atoms with van der Waals surface area (Å²) in [5.74, 6) is 0.530. The van der Waals surface area contributed by atoms with Crippen molar-refractivity contribution in [3.8, 4) is 0 Å². The molecule has 5 nitrogen and oxygen atoms in total. The number of hydrogen-bond acceptors (Lipinski definition) is 3. The second kappa shape index (κ2) is 2.31. The molecule has 0 atom stereocenters. The van der Waals surface area contributed by atoms with Gasteiger partial charge in [0.25, 0.3) is 0 Å². The van der Waals surface area contributed by atoms with Crippen molar-refractivity contribution in [2.45, 2.75) is 6.92 Å². The number of aromatic amines is 2. The lowest BCUT2D eigenvalue weighted by Gasteiger charge is -1.92. The van der Waals surface area contributed by atoms with Crippen LogP contribution in [0.3, 0.4) is 0 Å². The molecule has 0 spiro atoms. The molecular formula is C6H5ClN4O. The molecule has 0 unspecified atom stereocenters. The summed E-state index contributed by atoms with van der Waals surface area (Å²) < 4.78 is 0. The Morgan fingerprint density at radius 2 is 2.08 bits per heavy atom. The maximum atomic E-state index is 10.8. The van der Waals surface area contributed by atoms with Crippen molar-refractivity contribution >= 4 is 22.8 Å². The van der Waals surface area contributed by atoms with E-state index in [-0.39, 0.29) is 10.8 Å². The van der Waals surface area contributed by atoms with Crippen LogP contribution >= 0.6 is 11.6 Å². The van der Waals surface area contributed by atoms with E-state index in [1.54, 1.807) is 6.92 Å². The Hall–Kier alpha value is -1.36. The van der Waals surface area contributed by atoms with Crippen LogP contribution in [0.15, 0.2) is 4.79 Å². The Labute approximate surface area is 71.8 Å². The number of aromatic nitrogens is 4. The Morgan fingerprint density at radius 3 is 2.83 bits per heavy atom. The van der Waals surface area contributed by atoms with Crippen molar-refractivity contribution in [2.24, 2.45) is 0 Å². The number of hydrogen-bond donors (Lipinski definition) is 2. The van der Waals surface area contributed by atoms with E-state index in [4.69, 9.17) is 11.6 Å². The van der Waals surface area contributed by atoms with E-state index >= 15 is 0 Å². The van der Waals surface area contributed by atoms with Gasteiger partial charge in [-0.05, 0) is 6.92 Å². The highest BCUT2D eigenvalue weighted by atomic mass is 35.5. The second-order valence-electron chi connectivity index (χ2n) is 2.36. The van der Waals surface area contributed by atoms with Crippen molar-refractivity contribution < 1.29 is 0 Å². The topological polar surface area (TPSA) is 74.4 Å². The standard InChI is InChI=1S/C6H5ClN4O/c1-2-8-4(7)3-5(9-2)11-6(12)10-3/h1H3,(H2,8,9,10,11,12). The van der Waals surface area contributed by atoms with Gasteiger partial charge in [0.2, 0.25) is 0 Å². The fourth-order valence-corrected chi connectivity index (χ4v) is 1.25. The monoisotopic (exact) mass is 184 g/mol. The van der Waals surface area contributed by atoms with E-state index < -0.39 is 0 Å². The van der Waals surface area contributed by atoms with Crippen molar-refractivity contribution in [1.29, 1.82) is 0 Å². The number of halogens is 1. The Bertz CT molecular complexity index is 486. The highest BCUT2D eigenvalue weighted by Gasteiger charge is 2.05. The van der Waals surface area contributed by atoms with E-state index in [2.05, 4.69) is 19.9 Å². The molecule has 0 bridgehead atoms. The molecule has 0 aliphatic rings. The molecule has 6 heteroatoms. The van der Waals surface area contributed by atoms with Crippen LogP contribution in [0, 0.1) is 6.92 Å². The summed E-state index contributed by atoms with van der Waals surface area (Å²) in [6, 6.07) is 0. The summed E-state index contributed by atoms with van der Waals surface area (Å²) >= 11 is 5.73. The molecule has 2 aromatic rings. The van der Waals surface area contributed by atoms with Crippen molar-refractivity contribution in [2.75, 3.05) is 0 Å². The minimum Gasteiger partial charge on any atom is -0.302 e. The molecule has 2 heterocycles. The summed E-state index contributed by atoms with van der Waals surface area (Å²) in [6.07, 6.45) is 0. The first-order valence-electron chi connectivity index (χ1n) is 3.29. The Balaban J connectivity index is 2.97. The highest BCUT2D eigenvalue weighted by molar-refractivity contribution is 6.33. The van der Waals surface area contributed by atoms with Crippen LogP contribution in [-0.4, -0.2) is 19.9 Å². The first-order chi connectivity index (χ1) is 5.66. The van der Waals surface area contributed by atoms with Gasteiger partial charge in [0.1, 0.15) is 11.3 Å². The molecular weight excluding hydrogens is 180 g/mol. The van der Waals surface area contributed by atoms with Crippen molar-refractivity contribution in [3.05, 3.63) is 21.5 Å². The molecule has 0 saturated heterocycles. The van der Waals surface area contributed by atoms with Crippen LogP contribution < -0.4 is 5.69 Å². The average molecular weight is 185 g/mol. The molecule has 12 heavy (non-hydrogen) atoms. The van der Waals surface area contributed by atoms with Gasteiger partial charge in [-0.2, -0.15) is 0 Å². The minimum absolute atomic E-state index is 0.260. The first-order valence-corrected chi connectivity index (χ1v) is 3.67. The predicted molar refractivity (Wildman–Crippen MR) is 44.3 cm³/mol. The van der Waals surface area contributed by atoms with E-state index in [1.165, 1.54) is 0 Å². The van der Waals surface area contributed by atoms with E-state index in [0.717, 1.165) is 0 Å². The highest BCUT2D eigenvalue weighted by Crippen LogP contribution is 2.13. The quantitative estimate of drug-likeness (QED) is 0.589. The molecule has 0 saturated carbocycles. The number of H-pyrrole nitrogens is 2.